The Hall–Kier alpha value is -2.73. The summed E-state index contributed by atoms with van der Waals surface area (Å²) in [5.74, 6) is -0.0443. The van der Waals surface area contributed by atoms with Gasteiger partial charge in [-0.1, -0.05) is 96.5 Å². The van der Waals surface area contributed by atoms with Crippen molar-refractivity contribution in [3.8, 4) is 0 Å². The van der Waals surface area contributed by atoms with Crippen molar-refractivity contribution in [3.63, 3.8) is 0 Å². The molecule has 4 aromatic rings. The van der Waals surface area contributed by atoms with Crippen molar-refractivity contribution >= 4 is 40.6 Å². The first-order chi connectivity index (χ1) is 14.2. The monoisotopic (exact) mass is 415 g/mol. The van der Waals surface area contributed by atoms with E-state index in [9.17, 15) is 4.79 Å². The maximum absolute atomic E-state index is 13.6. The van der Waals surface area contributed by atoms with Crippen LogP contribution in [-0.2, 0) is 0 Å². The lowest BCUT2D eigenvalue weighted by atomic mass is 10.1. The number of hydrogen-bond donors (Lipinski definition) is 0. The van der Waals surface area contributed by atoms with Crippen LogP contribution in [0.25, 0.3) is 0 Å². The minimum absolute atomic E-state index is 0.0443. The quantitative estimate of drug-likeness (QED) is 0.233. The second-order valence-corrected chi connectivity index (χ2v) is 11.0. The van der Waals surface area contributed by atoms with Crippen molar-refractivity contribution in [1.82, 2.24) is 0 Å². The molecule has 1 unspecified atom stereocenters. The van der Waals surface area contributed by atoms with Gasteiger partial charge in [0.05, 0.1) is 0 Å². The highest BCUT2D eigenvalue weighted by atomic mass is 35.5. The summed E-state index contributed by atoms with van der Waals surface area (Å²) in [6.45, 7) is 0. The maximum Gasteiger partial charge on any atom is 0.219 e. The van der Waals surface area contributed by atoms with Crippen LogP contribution >= 0.6 is 18.9 Å². The Bertz CT molecular complexity index is 970. The summed E-state index contributed by atoms with van der Waals surface area (Å²) in [6, 6.07) is 40.1. The topological polar surface area (TPSA) is 17.1 Å². The van der Waals surface area contributed by atoms with Crippen molar-refractivity contribution in [2.45, 2.75) is 5.12 Å². The largest absolute Gasteiger partial charge is 0.288 e. The van der Waals surface area contributed by atoms with E-state index < -0.39 is 12.4 Å². The highest BCUT2D eigenvalue weighted by Gasteiger charge is 2.55. The van der Waals surface area contributed by atoms with Gasteiger partial charge < -0.3 is 0 Å². The first-order valence-electron chi connectivity index (χ1n) is 9.53. The summed E-state index contributed by atoms with van der Waals surface area (Å²) in [6.07, 6.45) is 0. The van der Waals surface area contributed by atoms with Crippen LogP contribution in [0, 0.1) is 0 Å². The van der Waals surface area contributed by atoms with Crippen molar-refractivity contribution in [2.75, 3.05) is 0 Å². The van der Waals surface area contributed by atoms with Crippen LogP contribution in [0.15, 0.2) is 121 Å². The van der Waals surface area contributed by atoms with Gasteiger partial charge in [-0.15, -0.1) is 0 Å². The third-order valence-corrected chi connectivity index (χ3v) is 10.4. The van der Waals surface area contributed by atoms with Crippen molar-refractivity contribution < 1.29 is 4.79 Å². The lowest BCUT2D eigenvalue weighted by molar-refractivity contribution is 0.101. The summed E-state index contributed by atoms with van der Waals surface area (Å²) < 4.78 is 0. The smallest absolute Gasteiger partial charge is 0.219 e. The van der Waals surface area contributed by atoms with Gasteiger partial charge in [0.25, 0.3) is 0 Å². The molecule has 0 saturated heterocycles. The molecule has 0 aliphatic carbocycles. The third-order valence-electron chi connectivity index (χ3n) is 5.11. The van der Waals surface area contributed by atoms with E-state index in [1.807, 2.05) is 84.9 Å². The van der Waals surface area contributed by atoms with Gasteiger partial charge in [-0.2, -0.15) is 0 Å². The first kappa shape index (κ1) is 19.6. The molecule has 0 spiro atoms. The van der Waals surface area contributed by atoms with Gasteiger partial charge in [-0.05, 0) is 36.4 Å². The Morgan fingerprint density at radius 3 is 1.21 bits per heavy atom. The molecule has 1 nitrogen and oxygen atoms in total. The second kappa shape index (κ2) is 8.74. The molecule has 0 saturated carbocycles. The van der Waals surface area contributed by atoms with Crippen LogP contribution in [0.1, 0.15) is 10.4 Å². The molecule has 0 aromatic heterocycles. The van der Waals surface area contributed by atoms with Gasteiger partial charge in [-0.3, -0.25) is 4.79 Å². The van der Waals surface area contributed by atoms with E-state index in [1.165, 1.54) is 0 Å². The van der Waals surface area contributed by atoms with Crippen molar-refractivity contribution in [1.29, 1.82) is 0 Å². The van der Waals surface area contributed by atoms with Gasteiger partial charge in [-0.25, -0.2) is 0 Å². The Morgan fingerprint density at radius 1 is 0.552 bits per heavy atom. The molecule has 0 N–H and O–H groups in total. The van der Waals surface area contributed by atoms with Crippen LogP contribution in [0.4, 0.5) is 0 Å². The fraction of sp³-hybridized carbons (Fsp3) is 0.0385. The van der Waals surface area contributed by atoms with E-state index in [0.29, 0.717) is 5.56 Å². The van der Waals surface area contributed by atoms with Crippen LogP contribution in [0.3, 0.4) is 0 Å². The molecule has 3 heteroatoms. The van der Waals surface area contributed by atoms with Gasteiger partial charge in [0.15, 0.2) is 0 Å². The summed E-state index contributed by atoms with van der Waals surface area (Å²) in [4.78, 5) is 13.6. The zero-order valence-corrected chi connectivity index (χ0v) is 17.5. The maximum atomic E-state index is 13.6. The molecule has 4 aromatic carbocycles. The zero-order chi connectivity index (χ0) is 20.1. The number of hydrogen-bond acceptors (Lipinski definition) is 1. The third kappa shape index (κ3) is 3.65. The van der Waals surface area contributed by atoms with Crippen LogP contribution < -0.4 is 15.9 Å². The molecule has 29 heavy (non-hydrogen) atoms. The Labute approximate surface area is 177 Å². The predicted octanol–water partition coefficient (Wildman–Crippen LogP) is 5.43. The number of carbonyl (C=O) groups is 1. The van der Waals surface area contributed by atoms with Crippen LogP contribution in [0.2, 0.25) is 0 Å². The van der Waals surface area contributed by atoms with Crippen molar-refractivity contribution in [3.05, 3.63) is 127 Å². The number of ketones is 1. The highest BCUT2D eigenvalue weighted by molar-refractivity contribution is 7.98. The number of Topliss-reactive ketones (excluding diaryl/α,β-unsaturated/α-hetero) is 1. The summed E-state index contributed by atoms with van der Waals surface area (Å²) >= 11 is 7.19. The Morgan fingerprint density at radius 2 is 0.862 bits per heavy atom. The number of alkyl halides is 1. The molecule has 0 fully saturated rings. The summed E-state index contributed by atoms with van der Waals surface area (Å²) in [5, 5.41) is 2.59. The zero-order valence-electron chi connectivity index (χ0n) is 15.9. The van der Waals surface area contributed by atoms with E-state index >= 15 is 0 Å². The van der Waals surface area contributed by atoms with Gasteiger partial charge >= 0.3 is 0 Å². The summed E-state index contributed by atoms with van der Waals surface area (Å²) in [7, 11) is -2.45. The molecule has 0 heterocycles. The summed E-state index contributed by atoms with van der Waals surface area (Å²) in [5.41, 5.74) is 0.639. The van der Waals surface area contributed by atoms with E-state index in [1.54, 1.807) is 0 Å². The number of halogens is 1. The van der Waals surface area contributed by atoms with Gasteiger partial charge in [0, 0.05) is 5.56 Å². The number of rotatable bonds is 6. The number of benzene rings is 4. The highest BCUT2D eigenvalue weighted by Crippen LogP contribution is 2.61. The molecule has 0 bridgehead atoms. The molecule has 0 aliphatic rings. The second-order valence-electron chi connectivity index (χ2n) is 6.80. The molecule has 1 atom stereocenters. The average Bonchev–Trinajstić information content (AvgIpc) is 2.82. The Balaban J connectivity index is 2.01. The fourth-order valence-corrected chi connectivity index (χ4v) is 8.99. The SMILES string of the molecule is O=C(c1ccccc1)C(Cl)[P+](c1ccccc1)(c1ccccc1)c1ccccc1. The predicted molar refractivity (Wildman–Crippen MR) is 126 cm³/mol. The van der Waals surface area contributed by atoms with Crippen molar-refractivity contribution in [2.24, 2.45) is 0 Å². The minimum atomic E-state index is -2.45. The van der Waals surface area contributed by atoms with E-state index in [0.717, 1.165) is 15.9 Å². The molecule has 4 rings (SSSR count). The molecular formula is C26H21ClOP+. The van der Waals surface area contributed by atoms with Crippen LogP contribution in [-0.4, -0.2) is 10.9 Å². The molecule has 142 valence electrons. The standard InChI is InChI=1S/C26H21ClOP/c27-26(25(28)21-13-5-1-6-14-21)29(22-15-7-2-8-16-22,23-17-9-3-10-18-23)24-19-11-4-12-20-24/h1-20,26H/q+1. The average molecular weight is 416 g/mol. The number of carbonyl (C=O) groups excluding carboxylic acids is 1. The molecule has 0 amide bonds. The molecule has 0 aliphatic heterocycles. The fourth-order valence-electron chi connectivity index (χ4n) is 3.75. The van der Waals surface area contributed by atoms with Gasteiger partial charge in [0.2, 0.25) is 10.9 Å². The van der Waals surface area contributed by atoms with E-state index in [-0.39, 0.29) is 5.78 Å². The first-order valence-corrected chi connectivity index (χ1v) is 11.8. The molecular weight excluding hydrogens is 395 g/mol. The van der Waals surface area contributed by atoms with E-state index in [2.05, 4.69) is 36.4 Å². The minimum Gasteiger partial charge on any atom is -0.288 e. The Kier molecular flexibility index (Phi) is 5.90. The normalized spacial score (nSPS) is 12.3. The van der Waals surface area contributed by atoms with E-state index in [4.69, 9.17) is 11.6 Å². The molecule has 0 radical (unpaired) electrons. The lowest BCUT2D eigenvalue weighted by Crippen LogP contribution is -2.40. The van der Waals surface area contributed by atoms with Crippen LogP contribution in [0.5, 0.6) is 0 Å². The lowest BCUT2D eigenvalue weighted by Gasteiger charge is -2.30. The van der Waals surface area contributed by atoms with Gasteiger partial charge in [0.1, 0.15) is 23.2 Å².